The van der Waals surface area contributed by atoms with Crippen LogP contribution in [0.5, 0.6) is 5.75 Å². The second-order valence-electron chi connectivity index (χ2n) is 1.52. The van der Waals surface area contributed by atoms with Crippen molar-refractivity contribution in [2.75, 3.05) is 0 Å². The van der Waals surface area contributed by atoms with E-state index < -0.39 is 6.85 Å². The molecule has 0 saturated heterocycles. The molecule has 0 saturated carbocycles. The van der Waals surface area contributed by atoms with Gasteiger partial charge in [0.1, 0.15) is 5.75 Å². The molecule has 1 aromatic carbocycles. The van der Waals surface area contributed by atoms with Gasteiger partial charge in [-0.3, -0.25) is 0 Å². The molecule has 0 fully saturated rings. The molecule has 0 bridgehead atoms. The van der Waals surface area contributed by atoms with Crippen molar-refractivity contribution in [1.82, 2.24) is 0 Å². The summed E-state index contributed by atoms with van der Waals surface area (Å²) in [6, 6.07) is 5.93. The van der Waals surface area contributed by atoms with E-state index in [1.54, 1.807) is 12.1 Å². The van der Waals surface area contributed by atoms with Gasteiger partial charge in [-0.05, 0) is 18.5 Å². The number of aryl methyl sites for hydroxylation is 1. The maximum atomic E-state index is 9.09. The van der Waals surface area contributed by atoms with E-state index in [0.717, 1.165) is 0 Å². The highest BCUT2D eigenvalue weighted by Crippen LogP contribution is 2.12. The lowest BCUT2D eigenvalue weighted by Crippen LogP contribution is -1.68. The van der Waals surface area contributed by atoms with Crippen molar-refractivity contribution in [3.63, 3.8) is 0 Å². The van der Waals surface area contributed by atoms with E-state index in [9.17, 15) is 0 Å². The molecule has 42 valence electrons. The maximum absolute atomic E-state index is 9.09. The van der Waals surface area contributed by atoms with Crippen LogP contribution < -0.4 is 0 Å². The van der Waals surface area contributed by atoms with Crippen LogP contribution in [0.25, 0.3) is 0 Å². The Morgan fingerprint density at radius 2 is 2.25 bits per heavy atom. The fourth-order valence-corrected chi connectivity index (χ4v) is 0.474. The minimum Gasteiger partial charge on any atom is -0.508 e. The van der Waals surface area contributed by atoms with Gasteiger partial charge in [-0.1, -0.05) is 18.2 Å². The summed E-state index contributed by atoms with van der Waals surface area (Å²) in [5.74, 6) is -0.174. The van der Waals surface area contributed by atoms with Crippen molar-refractivity contribution >= 4 is 0 Å². The van der Waals surface area contributed by atoms with Crippen LogP contribution in [-0.2, 0) is 0 Å². The average molecular weight is 111 g/mol. The third-order valence-electron chi connectivity index (χ3n) is 0.904. The lowest BCUT2D eigenvalue weighted by molar-refractivity contribution is 0.471. The van der Waals surface area contributed by atoms with E-state index in [-0.39, 0.29) is 11.3 Å². The SMILES string of the molecule is [2H]C([2H])([2H])c1ccccc1O. The van der Waals surface area contributed by atoms with Crippen molar-refractivity contribution in [2.24, 2.45) is 0 Å². The van der Waals surface area contributed by atoms with Crippen LogP contribution in [0.3, 0.4) is 0 Å². The number of aromatic hydroxyl groups is 1. The smallest absolute Gasteiger partial charge is 0.118 e. The van der Waals surface area contributed by atoms with E-state index in [0.29, 0.717) is 0 Å². The molecule has 0 unspecified atom stereocenters. The quantitative estimate of drug-likeness (QED) is 0.540. The molecule has 0 aromatic heterocycles. The van der Waals surface area contributed by atoms with Gasteiger partial charge in [0.25, 0.3) is 0 Å². The zero-order valence-corrected chi connectivity index (χ0v) is 4.26. The highest BCUT2D eigenvalue weighted by molar-refractivity contribution is 5.29. The summed E-state index contributed by atoms with van der Waals surface area (Å²) in [6.45, 7) is -2.22. The van der Waals surface area contributed by atoms with Gasteiger partial charge in [-0.25, -0.2) is 0 Å². The van der Waals surface area contributed by atoms with Gasteiger partial charge in [0, 0.05) is 4.11 Å². The van der Waals surface area contributed by atoms with E-state index in [4.69, 9.17) is 9.22 Å². The third-order valence-corrected chi connectivity index (χ3v) is 0.904. The first-order chi connectivity index (χ1) is 5.02. The Morgan fingerprint density at radius 1 is 1.50 bits per heavy atom. The summed E-state index contributed by atoms with van der Waals surface area (Å²) in [4.78, 5) is 0. The van der Waals surface area contributed by atoms with Gasteiger partial charge in [-0.2, -0.15) is 0 Å². The van der Waals surface area contributed by atoms with Crippen LogP contribution in [0.4, 0.5) is 0 Å². The first-order valence-electron chi connectivity index (χ1n) is 3.80. The van der Waals surface area contributed by atoms with Crippen molar-refractivity contribution in [3.05, 3.63) is 29.8 Å². The highest BCUT2D eigenvalue weighted by atomic mass is 16.3. The lowest BCUT2D eigenvalue weighted by atomic mass is 10.2. The summed E-state index contributed by atoms with van der Waals surface area (Å²) in [6.07, 6.45) is 0. The molecule has 0 amide bonds. The molecular weight excluding hydrogens is 100 g/mol. The molecule has 1 nitrogen and oxygen atoms in total. The predicted molar refractivity (Wildman–Crippen MR) is 32.8 cm³/mol. The van der Waals surface area contributed by atoms with Crippen LogP contribution in [0.2, 0.25) is 0 Å². The molecule has 8 heavy (non-hydrogen) atoms. The summed E-state index contributed by atoms with van der Waals surface area (Å²) in [7, 11) is 0. The zero-order chi connectivity index (χ0) is 8.48. The molecule has 1 heteroatoms. The molecule has 0 spiro atoms. The van der Waals surface area contributed by atoms with E-state index in [1.165, 1.54) is 12.1 Å². The molecule has 0 aliphatic rings. The van der Waals surface area contributed by atoms with Crippen LogP contribution in [0.15, 0.2) is 24.3 Å². The Hall–Kier alpha value is -0.980. The second kappa shape index (κ2) is 1.86. The van der Waals surface area contributed by atoms with Gasteiger partial charge in [-0.15, -0.1) is 0 Å². The number of phenols is 1. The van der Waals surface area contributed by atoms with Crippen LogP contribution in [0, 0.1) is 6.85 Å². The van der Waals surface area contributed by atoms with E-state index >= 15 is 0 Å². The fourth-order valence-electron chi connectivity index (χ4n) is 0.474. The molecule has 0 atom stereocenters. The highest BCUT2D eigenvalue weighted by Gasteiger charge is 1.86. The number of hydrogen-bond donors (Lipinski definition) is 1. The minimum atomic E-state index is -2.22. The summed E-state index contributed by atoms with van der Waals surface area (Å²) in [5, 5.41) is 9.09. The Labute approximate surface area is 52.8 Å². The number of para-hydroxylation sites is 1. The Bertz CT molecular complexity index is 254. The normalized spacial score (nSPS) is 16.2. The molecule has 0 heterocycles. The first kappa shape index (κ1) is 2.53. The Balaban J connectivity index is 3.14. The summed E-state index contributed by atoms with van der Waals surface area (Å²) < 4.78 is 21.0. The van der Waals surface area contributed by atoms with E-state index in [1.807, 2.05) is 0 Å². The van der Waals surface area contributed by atoms with Crippen LogP contribution >= 0.6 is 0 Å². The number of hydrogen-bond acceptors (Lipinski definition) is 1. The standard InChI is InChI=1S/C7H8O/c1-6-4-2-3-5-7(6)8/h2-5,8H,1H3/i1D3. The summed E-state index contributed by atoms with van der Waals surface area (Å²) >= 11 is 0. The van der Waals surface area contributed by atoms with Gasteiger partial charge in [0.15, 0.2) is 0 Å². The molecule has 0 aliphatic carbocycles. The first-order valence-corrected chi connectivity index (χ1v) is 2.30. The summed E-state index contributed by atoms with van der Waals surface area (Å²) in [5.41, 5.74) is 0.000000000000000666. The van der Waals surface area contributed by atoms with Crippen LogP contribution in [0.1, 0.15) is 9.68 Å². The number of rotatable bonds is 0. The minimum absolute atomic E-state index is 0.000000000000000666. The Morgan fingerprint density at radius 3 is 2.75 bits per heavy atom. The topological polar surface area (TPSA) is 20.2 Å². The van der Waals surface area contributed by atoms with Crippen molar-refractivity contribution in [3.8, 4) is 5.75 Å². The molecular formula is C7H8O. The fraction of sp³-hybridized carbons (Fsp3) is 0.143. The molecule has 1 rings (SSSR count). The third kappa shape index (κ3) is 0.808. The van der Waals surface area contributed by atoms with Crippen molar-refractivity contribution in [1.29, 1.82) is 0 Å². The second-order valence-corrected chi connectivity index (χ2v) is 1.52. The lowest BCUT2D eigenvalue weighted by Gasteiger charge is -1.92. The van der Waals surface area contributed by atoms with Crippen molar-refractivity contribution < 1.29 is 9.22 Å². The van der Waals surface area contributed by atoms with Crippen LogP contribution in [-0.4, -0.2) is 5.11 Å². The number of benzene rings is 1. The molecule has 0 aliphatic heterocycles. The van der Waals surface area contributed by atoms with Crippen molar-refractivity contribution in [2.45, 2.75) is 6.85 Å². The predicted octanol–water partition coefficient (Wildman–Crippen LogP) is 1.70. The monoisotopic (exact) mass is 111 g/mol. The van der Waals surface area contributed by atoms with Gasteiger partial charge in [0.2, 0.25) is 0 Å². The molecule has 0 radical (unpaired) electrons. The average Bonchev–Trinajstić information content (AvgIpc) is 1.86. The van der Waals surface area contributed by atoms with Gasteiger partial charge < -0.3 is 5.11 Å². The van der Waals surface area contributed by atoms with Gasteiger partial charge >= 0.3 is 0 Å². The molecule has 1 N–H and O–H groups in total. The largest absolute Gasteiger partial charge is 0.508 e. The van der Waals surface area contributed by atoms with E-state index in [2.05, 4.69) is 0 Å². The number of phenolic OH excluding ortho intramolecular Hbond substituents is 1. The zero-order valence-electron chi connectivity index (χ0n) is 7.26. The van der Waals surface area contributed by atoms with Gasteiger partial charge in [0.05, 0.1) is 0 Å². The Kier molecular flexibility index (Phi) is 0.591. The molecule has 1 aromatic rings. The maximum Gasteiger partial charge on any atom is 0.118 e.